The number of hydrogen-bond acceptors (Lipinski definition) is 3. The average Bonchev–Trinajstić information content (AvgIpc) is 2.69. The van der Waals surface area contributed by atoms with Crippen molar-refractivity contribution in [2.75, 3.05) is 11.9 Å². The highest BCUT2D eigenvalue weighted by Crippen LogP contribution is 2.24. The third kappa shape index (κ3) is 3.27. The molecule has 0 aliphatic heterocycles. The van der Waals surface area contributed by atoms with Crippen molar-refractivity contribution in [2.45, 2.75) is 13.8 Å². The lowest BCUT2D eigenvalue weighted by molar-refractivity contribution is -0.118. The van der Waals surface area contributed by atoms with Crippen LogP contribution in [0.15, 0.2) is 18.2 Å². The Kier molecular flexibility index (Phi) is 4.24. The predicted octanol–water partition coefficient (Wildman–Crippen LogP) is 2.84. The maximum Gasteiger partial charge on any atom is 0.262 e. The Balaban J connectivity index is 1.96. The average molecular weight is 298 g/mol. The highest BCUT2D eigenvalue weighted by molar-refractivity contribution is 6.32. The Labute approximate surface area is 120 Å². The number of aromatic amines is 1. The number of H-pyrrole nitrogens is 1. The van der Waals surface area contributed by atoms with E-state index in [0.717, 1.165) is 11.8 Å². The molecule has 20 heavy (non-hydrogen) atoms. The Hall–Kier alpha value is -2.08. The number of anilines is 1. The monoisotopic (exact) mass is 297 g/mol. The SMILES string of the molecule is Cc1n[nH]c(C)c1NC(=O)COc1ccc(F)cc1Cl. The van der Waals surface area contributed by atoms with Crippen molar-refractivity contribution in [3.05, 3.63) is 40.4 Å². The number of carbonyl (C=O) groups is 1. The van der Waals surface area contributed by atoms with E-state index in [9.17, 15) is 9.18 Å². The van der Waals surface area contributed by atoms with Crippen LogP contribution in [0.3, 0.4) is 0 Å². The van der Waals surface area contributed by atoms with Crippen molar-refractivity contribution >= 4 is 23.2 Å². The van der Waals surface area contributed by atoms with Gasteiger partial charge in [0.25, 0.3) is 5.91 Å². The molecular weight excluding hydrogens is 285 g/mol. The zero-order valence-electron chi connectivity index (χ0n) is 11.0. The molecule has 5 nitrogen and oxygen atoms in total. The summed E-state index contributed by atoms with van der Waals surface area (Å²) >= 11 is 5.79. The number of halogens is 2. The van der Waals surface area contributed by atoms with Crippen molar-refractivity contribution in [3.8, 4) is 5.75 Å². The summed E-state index contributed by atoms with van der Waals surface area (Å²) in [6.45, 7) is 3.35. The topological polar surface area (TPSA) is 67.0 Å². The normalized spacial score (nSPS) is 10.4. The Morgan fingerprint density at radius 2 is 2.25 bits per heavy atom. The summed E-state index contributed by atoms with van der Waals surface area (Å²) in [7, 11) is 0. The van der Waals surface area contributed by atoms with Gasteiger partial charge in [-0.05, 0) is 32.0 Å². The number of carbonyl (C=O) groups excluding carboxylic acids is 1. The molecule has 0 radical (unpaired) electrons. The molecule has 1 aromatic carbocycles. The van der Waals surface area contributed by atoms with Crippen molar-refractivity contribution in [2.24, 2.45) is 0 Å². The number of aryl methyl sites for hydroxylation is 2. The summed E-state index contributed by atoms with van der Waals surface area (Å²) in [6, 6.07) is 3.71. The molecule has 2 aromatic rings. The second-order valence-corrected chi connectivity index (χ2v) is 4.63. The summed E-state index contributed by atoms with van der Waals surface area (Å²) in [5, 5.41) is 9.53. The lowest BCUT2D eigenvalue weighted by Crippen LogP contribution is -2.20. The maximum absolute atomic E-state index is 12.9. The summed E-state index contributed by atoms with van der Waals surface area (Å²) in [4.78, 5) is 11.8. The van der Waals surface area contributed by atoms with Crippen LogP contribution in [0.25, 0.3) is 0 Å². The van der Waals surface area contributed by atoms with Crippen LogP contribution in [0.5, 0.6) is 5.75 Å². The molecule has 1 aromatic heterocycles. The van der Waals surface area contributed by atoms with E-state index in [2.05, 4.69) is 15.5 Å². The van der Waals surface area contributed by atoms with E-state index in [4.69, 9.17) is 16.3 Å². The summed E-state index contributed by atoms with van der Waals surface area (Å²) < 4.78 is 18.1. The van der Waals surface area contributed by atoms with Crippen molar-refractivity contribution in [1.82, 2.24) is 10.2 Å². The van der Waals surface area contributed by atoms with Crippen molar-refractivity contribution in [3.63, 3.8) is 0 Å². The van der Waals surface area contributed by atoms with Crippen molar-refractivity contribution in [1.29, 1.82) is 0 Å². The predicted molar refractivity (Wildman–Crippen MR) is 73.6 cm³/mol. The van der Waals surface area contributed by atoms with Gasteiger partial charge in [0.2, 0.25) is 0 Å². The van der Waals surface area contributed by atoms with Crippen LogP contribution < -0.4 is 10.1 Å². The molecule has 0 aliphatic carbocycles. The van der Waals surface area contributed by atoms with E-state index in [1.54, 1.807) is 13.8 Å². The molecule has 0 aliphatic rings. The lowest BCUT2D eigenvalue weighted by Gasteiger charge is -2.08. The third-order valence-corrected chi connectivity index (χ3v) is 2.94. The Morgan fingerprint density at radius 3 is 2.85 bits per heavy atom. The number of ether oxygens (including phenoxy) is 1. The van der Waals surface area contributed by atoms with Crippen LogP contribution in [-0.4, -0.2) is 22.7 Å². The van der Waals surface area contributed by atoms with Crippen molar-refractivity contribution < 1.29 is 13.9 Å². The van der Waals surface area contributed by atoms with Gasteiger partial charge in [0.15, 0.2) is 6.61 Å². The number of hydrogen-bond donors (Lipinski definition) is 2. The minimum atomic E-state index is -0.462. The van der Waals surface area contributed by atoms with E-state index in [1.165, 1.54) is 12.1 Å². The molecule has 0 atom stereocenters. The molecule has 0 spiro atoms. The van der Waals surface area contributed by atoms with Gasteiger partial charge in [-0.25, -0.2) is 4.39 Å². The van der Waals surface area contributed by atoms with Crippen LogP contribution >= 0.6 is 11.6 Å². The van der Waals surface area contributed by atoms with E-state index < -0.39 is 5.82 Å². The van der Waals surface area contributed by atoms with Crippen LogP contribution in [-0.2, 0) is 4.79 Å². The molecule has 2 N–H and O–H groups in total. The molecule has 0 fully saturated rings. The summed E-state index contributed by atoms with van der Waals surface area (Å²) in [6.07, 6.45) is 0. The highest BCUT2D eigenvalue weighted by Gasteiger charge is 2.11. The van der Waals surface area contributed by atoms with Gasteiger partial charge < -0.3 is 10.1 Å². The van der Waals surface area contributed by atoms with E-state index in [-0.39, 0.29) is 23.3 Å². The van der Waals surface area contributed by atoms with Crippen LogP contribution in [0.2, 0.25) is 5.02 Å². The number of aromatic nitrogens is 2. The highest BCUT2D eigenvalue weighted by atomic mass is 35.5. The minimum absolute atomic E-state index is 0.119. The fourth-order valence-corrected chi connectivity index (χ4v) is 1.87. The Morgan fingerprint density at radius 1 is 1.50 bits per heavy atom. The molecule has 0 bridgehead atoms. The molecule has 0 unspecified atom stereocenters. The maximum atomic E-state index is 12.9. The second kappa shape index (κ2) is 5.92. The summed E-state index contributed by atoms with van der Waals surface area (Å²) in [5.74, 6) is -0.557. The zero-order valence-corrected chi connectivity index (χ0v) is 11.7. The van der Waals surface area contributed by atoms with Gasteiger partial charge in [-0.2, -0.15) is 5.10 Å². The lowest BCUT2D eigenvalue weighted by atomic mass is 10.3. The van der Waals surface area contributed by atoms with Crippen LogP contribution in [0.1, 0.15) is 11.4 Å². The molecule has 0 saturated heterocycles. The largest absolute Gasteiger partial charge is 0.482 e. The molecule has 0 saturated carbocycles. The van der Waals surface area contributed by atoms with E-state index in [0.29, 0.717) is 11.4 Å². The first-order valence-corrected chi connectivity index (χ1v) is 6.24. The number of amides is 1. The Bertz CT molecular complexity index is 623. The number of rotatable bonds is 4. The van der Waals surface area contributed by atoms with Gasteiger partial charge in [-0.15, -0.1) is 0 Å². The standard InChI is InChI=1S/C13H13ClFN3O2/c1-7-13(8(2)18-17-7)16-12(19)6-20-11-4-3-9(15)5-10(11)14/h3-5H,6H2,1-2H3,(H,16,19)(H,17,18). The van der Waals surface area contributed by atoms with E-state index in [1.807, 2.05) is 0 Å². The number of nitrogens with one attached hydrogen (secondary N) is 2. The van der Waals surface area contributed by atoms with E-state index >= 15 is 0 Å². The third-order valence-electron chi connectivity index (χ3n) is 2.65. The second-order valence-electron chi connectivity index (χ2n) is 4.22. The first kappa shape index (κ1) is 14.3. The molecule has 1 amide bonds. The quantitative estimate of drug-likeness (QED) is 0.912. The smallest absolute Gasteiger partial charge is 0.262 e. The number of benzene rings is 1. The van der Waals surface area contributed by atoms with Gasteiger partial charge >= 0.3 is 0 Å². The van der Waals surface area contributed by atoms with Gasteiger partial charge in [-0.1, -0.05) is 11.6 Å². The molecular formula is C13H13ClFN3O2. The van der Waals surface area contributed by atoms with Gasteiger partial charge in [0.05, 0.1) is 22.1 Å². The van der Waals surface area contributed by atoms with Gasteiger partial charge in [-0.3, -0.25) is 9.89 Å². The summed E-state index contributed by atoms with van der Waals surface area (Å²) in [5.41, 5.74) is 2.08. The molecule has 2 rings (SSSR count). The molecule has 106 valence electrons. The van der Waals surface area contributed by atoms with Crippen LogP contribution in [0, 0.1) is 19.7 Å². The molecule has 7 heteroatoms. The minimum Gasteiger partial charge on any atom is -0.482 e. The zero-order chi connectivity index (χ0) is 14.7. The fraction of sp³-hybridized carbons (Fsp3) is 0.231. The number of nitrogens with zero attached hydrogens (tertiary/aromatic N) is 1. The molecule has 1 heterocycles. The van der Waals surface area contributed by atoms with Crippen LogP contribution in [0.4, 0.5) is 10.1 Å². The fourth-order valence-electron chi connectivity index (χ4n) is 1.65. The van der Waals surface area contributed by atoms with Gasteiger partial charge in [0, 0.05) is 0 Å². The first-order chi connectivity index (χ1) is 9.47. The van der Waals surface area contributed by atoms with Gasteiger partial charge in [0.1, 0.15) is 11.6 Å². The first-order valence-electron chi connectivity index (χ1n) is 5.86.